The van der Waals surface area contributed by atoms with E-state index < -0.39 is 0 Å². The Balaban J connectivity index is 2.11. The van der Waals surface area contributed by atoms with Gasteiger partial charge in [-0.25, -0.2) is 0 Å². The van der Waals surface area contributed by atoms with E-state index in [2.05, 4.69) is 71.4 Å². The summed E-state index contributed by atoms with van der Waals surface area (Å²) in [4.78, 5) is 0. The lowest BCUT2D eigenvalue weighted by molar-refractivity contribution is 0.629. The molecular formula is C21H15BrO. The Labute approximate surface area is 143 Å². The SMILES string of the molecule is Cc1c(Br)ccc2c(-c3ccccc3)c(-c3ccccc3)oc12. The van der Waals surface area contributed by atoms with E-state index in [1.807, 2.05) is 24.3 Å². The zero-order chi connectivity index (χ0) is 15.8. The average molecular weight is 363 g/mol. The van der Waals surface area contributed by atoms with Crippen molar-refractivity contribution in [2.75, 3.05) is 0 Å². The van der Waals surface area contributed by atoms with Crippen molar-refractivity contribution in [3.8, 4) is 22.5 Å². The van der Waals surface area contributed by atoms with Crippen LogP contribution in [0.15, 0.2) is 81.7 Å². The number of hydrogen-bond acceptors (Lipinski definition) is 1. The molecule has 1 heterocycles. The lowest BCUT2D eigenvalue weighted by Crippen LogP contribution is -1.81. The molecule has 0 spiro atoms. The first-order valence-electron chi connectivity index (χ1n) is 7.58. The Morgan fingerprint density at radius 1 is 0.739 bits per heavy atom. The van der Waals surface area contributed by atoms with Gasteiger partial charge in [0.25, 0.3) is 0 Å². The summed E-state index contributed by atoms with van der Waals surface area (Å²) in [5.41, 5.74) is 5.49. The summed E-state index contributed by atoms with van der Waals surface area (Å²) >= 11 is 3.60. The molecule has 1 nitrogen and oxygen atoms in total. The lowest BCUT2D eigenvalue weighted by atomic mass is 9.98. The highest BCUT2D eigenvalue weighted by Gasteiger charge is 2.19. The minimum Gasteiger partial charge on any atom is -0.455 e. The smallest absolute Gasteiger partial charge is 0.143 e. The topological polar surface area (TPSA) is 13.1 Å². The van der Waals surface area contributed by atoms with E-state index in [-0.39, 0.29) is 0 Å². The molecule has 0 aliphatic heterocycles. The number of hydrogen-bond donors (Lipinski definition) is 0. The third-order valence-corrected chi connectivity index (χ3v) is 5.00. The number of furan rings is 1. The maximum absolute atomic E-state index is 6.32. The molecular weight excluding hydrogens is 348 g/mol. The van der Waals surface area contributed by atoms with Crippen LogP contribution in [0.25, 0.3) is 33.4 Å². The molecule has 3 aromatic carbocycles. The first-order valence-corrected chi connectivity index (χ1v) is 8.37. The van der Waals surface area contributed by atoms with Gasteiger partial charge in [0.05, 0.1) is 0 Å². The number of halogens is 1. The molecule has 23 heavy (non-hydrogen) atoms. The third-order valence-electron chi connectivity index (χ3n) is 4.14. The molecule has 4 rings (SSSR count). The van der Waals surface area contributed by atoms with Gasteiger partial charge in [-0.05, 0) is 24.6 Å². The monoisotopic (exact) mass is 362 g/mol. The van der Waals surface area contributed by atoms with Crippen LogP contribution in [0.5, 0.6) is 0 Å². The molecule has 112 valence electrons. The normalized spacial score (nSPS) is 11.0. The van der Waals surface area contributed by atoms with Gasteiger partial charge >= 0.3 is 0 Å². The minimum atomic E-state index is 0.924. The highest BCUT2D eigenvalue weighted by atomic mass is 79.9. The fourth-order valence-electron chi connectivity index (χ4n) is 2.96. The Kier molecular flexibility index (Phi) is 3.55. The zero-order valence-corrected chi connectivity index (χ0v) is 14.3. The first kappa shape index (κ1) is 14.3. The Hall–Kier alpha value is -2.32. The minimum absolute atomic E-state index is 0.924. The van der Waals surface area contributed by atoms with Crippen molar-refractivity contribution >= 4 is 26.9 Å². The van der Waals surface area contributed by atoms with Gasteiger partial charge in [0.2, 0.25) is 0 Å². The molecule has 4 aromatic rings. The van der Waals surface area contributed by atoms with Crippen LogP contribution in [0.3, 0.4) is 0 Å². The maximum atomic E-state index is 6.32. The molecule has 0 saturated carbocycles. The van der Waals surface area contributed by atoms with Gasteiger partial charge in [0.15, 0.2) is 0 Å². The van der Waals surface area contributed by atoms with Crippen LogP contribution in [-0.2, 0) is 0 Å². The Morgan fingerprint density at radius 3 is 2.00 bits per heavy atom. The summed E-state index contributed by atoms with van der Waals surface area (Å²) in [6.07, 6.45) is 0. The van der Waals surface area contributed by atoms with Crippen LogP contribution in [0.2, 0.25) is 0 Å². The zero-order valence-electron chi connectivity index (χ0n) is 12.7. The number of benzene rings is 3. The average Bonchev–Trinajstić information content (AvgIpc) is 3.00. The fourth-order valence-corrected chi connectivity index (χ4v) is 3.27. The summed E-state index contributed by atoms with van der Waals surface area (Å²) in [5.74, 6) is 0.924. The van der Waals surface area contributed by atoms with Crippen molar-refractivity contribution in [1.82, 2.24) is 0 Å². The lowest BCUT2D eigenvalue weighted by Gasteiger charge is -2.04. The van der Waals surface area contributed by atoms with Crippen molar-refractivity contribution in [2.45, 2.75) is 6.92 Å². The molecule has 0 aliphatic rings. The number of aryl methyl sites for hydroxylation is 1. The predicted molar refractivity (Wildman–Crippen MR) is 99.5 cm³/mol. The fraction of sp³-hybridized carbons (Fsp3) is 0.0476. The highest BCUT2D eigenvalue weighted by Crippen LogP contribution is 2.42. The number of fused-ring (bicyclic) bond motifs is 1. The molecule has 0 radical (unpaired) electrons. The van der Waals surface area contributed by atoms with Crippen LogP contribution in [0.1, 0.15) is 5.56 Å². The molecule has 0 unspecified atom stereocenters. The standard InChI is InChI=1S/C21H15BrO/c1-14-18(22)13-12-17-19(15-8-4-2-5-9-15)21(23-20(14)17)16-10-6-3-7-11-16/h2-13H,1H3. The van der Waals surface area contributed by atoms with Crippen LogP contribution in [0, 0.1) is 6.92 Å². The largest absolute Gasteiger partial charge is 0.455 e. The molecule has 0 N–H and O–H groups in total. The van der Waals surface area contributed by atoms with E-state index in [0.29, 0.717) is 0 Å². The number of rotatable bonds is 2. The van der Waals surface area contributed by atoms with Crippen molar-refractivity contribution in [3.63, 3.8) is 0 Å². The van der Waals surface area contributed by atoms with Gasteiger partial charge in [0.1, 0.15) is 11.3 Å². The molecule has 0 atom stereocenters. The molecule has 1 aromatic heterocycles. The van der Waals surface area contributed by atoms with Gasteiger partial charge in [-0.2, -0.15) is 0 Å². The van der Waals surface area contributed by atoms with Gasteiger partial charge in [0, 0.05) is 26.5 Å². The summed E-state index contributed by atoms with van der Waals surface area (Å²) in [7, 11) is 0. The van der Waals surface area contributed by atoms with Crippen molar-refractivity contribution in [1.29, 1.82) is 0 Å². The Bertz CT molecular complexity index is 969. The highest BCUT2D eigenvalue weighted by molar-refractivity contribution is 9.10. The molecule has 0 amide bonds. The van der Waals surface area contributed by atoms with Crippen LogP contribution < -0.4 is 0 Å². The van der Waals surface area contributed by atoms with Crippen molar-refractivity contribution < 1.29 is 4.42 Å². The van der Waals surface area contributed by atoms with E-state index in [1.54, 1.807) is 0 Å². The van der Waals surface area contributed by atoms with Crippen LogP contribution >= 0.6 is 15.9 Å². The van der Waals surface area contributed by atoms with Crippen LogP contribution in [-0.4, -0.2) is 0 Å². The second kappa shape index (κ2) is 5.71. The predicted octanol–water partition coefficient (Wildman–Crippen LogP) is 6.84. The second-order valence-electron chi connectivity index (χ2n) is 5.59. The Morgan fingerprint density at radius 2 is 1.35 bits per heavy atom. The van der Waals surface area contributed by atoms with E-state index in [4.69, 9.17) is 4.42 Å². The summed E-state index contributed by atoms with van der Waals surface area (Å²) < 4.78 is 7.39. The maximum Gasteiger partial charge on any atom is 0.143 e. The third kappa shape index (κ3) is 2.40. The van der Waals surface area contributed by atoms with Crippen molar-refractivity contribution in [3.05, 3.63) is 82.8 Å². The van der Waals surface area contributed by atoms with E-state index in [1.165, 1.54) is 5.56 Å². The summed E-state index contributed by atoms with van der Waals surface area (Å²) in [6, 6.07) is 24.9. The first-order chi connectivity index (χ1) is 11.3. The van der Waals surface area contributed by atoms with E-state index >= 15 is 0 Å². The summed E-state index contributed by atoms with van der Waals surface area (Å²) in [6.45, 7) is 2.08. The van der Waals surface area contributed by atoms with Crippen LogP contribution in [0.4, 0.5) is 0 Å². The second-order valence-corrected chi connectivity index (χ2v) is 6.44. The molecule has 0 aliphatic carbocycles. The molecule has 0 bridgehead atoms. The van der Waals surface area contributed by atoms with Gasteiger partial charge in [-0.3, -0.25) is 0 Å². The molecule has 2 heteroatoms. The van der Waals surface area contributed by atoms with E-state index in [0.717, 1.165) is 37.9 Å². The van der Waals surface area contributed by atoms with E-state index in [9.17, 15) is 0 Å². The van der Waals surface area contributed by atoms with Gasteiger partial charge in [-0.1, -0.05) is 76.6 Å². The molecule has 0 fully saturated rings. The molecule has 0 saturated heterocycles. The van der Waals surface area contributed by atoms with Gasteiger partial charge < -0.3 is 4.42 Å². The van der Waals surface area contributed by atoms with Gasteiger partial charge in [-0.15, -0.1) is 0 Å². The van der Waals surface area contributed by atoms with Crippen molar-refractivity contribution in [2.24, 2.45) is 0 Å². The summed E-state index contributed by atoms with van der Waals surface area (Å²) in [5, 5.41) is 1.15. The quantitative estimate of drug-likeness (QED) is 0.380.